The summed E-state index contributed by atoms with van der Waals surface area (Å²) < 4.78 is 17.7. The third-order valence-electron chi connectivity index (χ3n) is 3.71. The summed E-state index contributed by atoms with van der Waals surface area (Å²) in [7, 11) is 4.56. The lowest BCUT2D eigenvalue weighted by Gasteiger charge is -2.15. The summed E-state index contributed by atoms with van der Waals surface area (Å²) in [6.07, 6.45) is 0. The molecule has 0 aliphatic heterocycles. The molecule has 0 bridgehead atoms. The van der Waals surface area contributed by atoms with Crippen LogP contribution in [0.15, 0.2) is 41.2 Å². The fourth-order valence-corrected chi connectivity index (χ4v) is 2.89. The van der Waals surface area contributed by atoms with E-state index in [0.717, 1.165) is 0 Å². The maximum atomic E-state index is 12.9. The average molecular weight is 344 g/mol. The molecule has 0 unspecified atom stereocenters. The number of methoxy groups -OCH3 is 3. The van der Waals surface area contributed by atoms with Crippen molar-refractivity contribution < 1.29 is 14.2 Å². The Bertz CT molecular complexity index is 998. The highest BCUT2D eigenvalue weighted by Gasteiger charge is 2.16. The van der Waals surface area contributed by atoms with Gasteiger partial charge < -0.3 is 19.2 Å². The van der Waals surface area contributed by atoms with Gasteiger partial charge in [0.25, 0.3) is 5.56 Å². The maximum Gasteiger partial charge on any atom is 0.266 e. The first-order chi connectivity index (χ1) is 11.6. The Kier molecular flexibility index (Phi) is 4.26. The number of fused-ring (bicyclic) bond motifs is 1. The standard InChI is InChI=1S/C17H16N2O4S/c1-21-13-8-10(9-14(22-2)15(13)23-3)19-16(20)11-6-4-5-7-12(11)18-17(19)24/h4-9H,1-3H3,(H,18,24). The zero-order valence-corrected chi connectivity index (χ0v) is 14.3. The normalized spacial score (nSPS) is 10.6. The highest BCUT2D eigenvalue weighted by atomic mass is 32.1. The number of H-pyrrole nitrogens is 1. The van der Waals surface area contributed by atoms with Crippen molar-refractivity contribution in [3.05, 3.63) is 51.5 Å². The van der Waals surface area contributed by atoms with E-state index in [9.17, 15) is 4.79 Å². The summed E-state index contributed by atoms with van der Waals surface area (Å²) in [5.41, 5.74) is 1.00. The van der Waals surface area contributed by atoms with E-state index >= 15 is 0 Å². The Labute approximate surface area is 143 Å². The highest BCUT2D eigenvalue weighted by molar-refractivity contribution is 7.71. The molecular formula is C17H16N2O4S. The Morgan fingerprint density at radius 3 is 2.21 bits per heavy atom. The van der Waals surface area contributed by atoms with E-state index in [0.29, 0.717) is 33.8 Å². The van der Waals surface area contributed by atoms with Gasteiger partial charge in [-0.25, -0.2) is 0 Å². The largest absolute Gasteiger partial charge is 0.493 e. The number of benzene rings is 2. The summed E-state index contributed by atoms with van der Waals surface area (Å²) in [5.74, 6) is 1.34. The van der Waals surface area contributed by atoms with Crippen LogP contribution in [0, 0.1) is 4.77 Å². The minimum Gasteiger partial charge on any atom is -0.493 e. The third-order valence-corrected chi connectivity index (χ3v) is 4.00. The lowest BCUT2D eigenvalue weighted by atomic mass is 10.2. The Hall–Kier alpha value is -2.80. The van der Waals surface area contributed by atoms with Gasteiger partial charge in [0.2, 0.25) is 5.75 Å². The van der Waals surface area contributed by atoms with Crippen LogP contribution >= 0.6 is 12.2 Å². The summed E-state index contributed by atoms with van der Waals surface area (Å²) >= 11 is 5.36. The van der Waals surface area contributed by atoms with E-state index in [4.69, 9.17) is 26.4 Å². The van der Waals surface area contributed by atoms with Gasteiger partial charge in [0.1, 0.15) is 0 Å². The van der Waals surface area contributed by atoms with Crippen molar-refractivity contribution in [2.45, 2.75) is 0 Å². The monoisotopic (exact) mass is 344 g/mol. The van der Waals surface area contributed by atoms with Gasteiger partial charge in [-0.05, 0) is 24.4 Å². The molecule has 1 heterocycles. The maximum absolute atomic E-state index is 12.9. The van der Waals surface area contributed by atoms with Crippen molar-refractivity contribution in [1.29, 1.82) is 0 Å². The third kappa shape index (κ3) is 2.52. The van der Waals surface area contributed by atoms with Crippen molar-refractivity contribution in [1.82, 2.24) is 9.55 Å². The second-order valence-corrected chi connectivity index (χ2v) is 5.39. The number of aromatic amines is 1. The lowest BCUT2D eigenvalue weighted by Crippen LogP contribution is -2.20. The molecule has 0 aliphatic rings. The number of nitrogens with zero attached hydrogens (tertiary/aromatic N) is 1. The van der Waals surface area contributed by atoms with Crippen LogP contribution in [0.5, 0.6) is 17.2 Å². The lowest BCUT2D eigenvalue weighted by molar-refractivity contribution is 0.324. The number of rotatable bonds is 4. The minimum absolute atomic E-state index is 0.219. The molecule has 3 rings (SSSR count). The van der Waals surface area contributed by atoms with Gasteiger partial charge in [-0.15, -0.1) is 0 Å². The van der Waals surface area contributed by atoms with Crippen LogP contribution < -0.4 is 19.8 Å². The molecule has 0 spiro atoms. The molecule has 0 saturated carbocycles. The topological polar surface area (TPSA) is 65.5 Å². The Morgan fingerprint density at radius 2 is 1.62 bits per heavy atom. The SMILES string of the molecule is COc1cc(-n2c(=S)[nH]c3ccccc3c2=O)cc(OC)c1OC. The van der Waals surface area contributed by atoms with Crippen LogP contribution in [0.2, 0.25) is 0 Å². The average Bonchev–Trinajstić information content (AvgIpc) is 2.60. The van der Waals surface area contributed by atoms with Crippen molar-refractivity contribution in [3.63, 3.8) is 0 Å². The predicted molar refractivity (Wildman–Crippen MR) is 94.4 cm³/mol. The summed E-state index contributed by atoms with van der Waals surface area (Å²) in [4.78, 5) is 15.9. The zero-order valence-electron chi connectivity index (χ0n) is 13.5. The Balaban J connectivity index is 2.36. The zero-order chi connectivity index (χ0) is 17.3. The van der Waals surface area contributed by atoms with E-state index in [-0.39, 0.29) is 10.3 Å². The molecule has 6 nitrogen and oxygen atoms in total. The first kappa shape index (κ1) is 16.1. The van der Waals surface area contributed by atoms with Crippen LogP contribution in [-0.2, 0) is 0 Å². The van der Waals surface area contributed by atoms with Crippen LogP contribution in [-0.4, -0.2) is 30.9 Å². The van der Waals surface area contributed by atoms with Crippen molar-refractivity contribution in [2.24, 2.45) is 0 Å². The van der Waals surface area contributed by atoms with Crippen LogP contribution in [0.25, 0.3) is 16.6 Å². The molecule has 0 atom stereocenters. The van der Waals surface area contributed by atoms with E-state index in [2.05, 4.69) is 4.98 Å². The molecule has 0 aliphatic carbocycles. The molecule has 0 fully saturated rings. The number of para-hydroxylation sites is 1. The summed E-state index contributed by atoms with van der Waals surface area (Å²) in [5, 5.41) is 0.542. The molecule has 1 aromatic heterocycles. The summed E-state index contributed by atoms with van der Waals surface area (Å²) in [6.45, 7) is 0. The summed E-state index contributed by atoms with van der Waals surface area (Å²) in [6, 6.07) is 10.6. The van der Waals surface area contributed by atoms with Gasteiger partial charge in [0, 0.05) is 12.1 Å². The molecule has 0 radical (unpaired) electrons. The molecule has 0 amide bonds. The fourth-order valence-electron chi connectivity index (χ4n) is 2.59. The van der Waals surface area contributed by atoms with Gasteiger partial charge in [0.15, 0.2) is 16.3 Å². The van der Waals surface area contributed by atoms with Crippen molar-refractivity contribution in [2.75, 3.05) is 21.3 Å². The number of ether oxygens (including phenoxy) is 3. The second kappa shape index (κ2) is 6.37. The molecular weight excluding hydrogens is 328 g/mol. The second-order valence-electron chi connectivity index (χ2n) is 5.00. The quantitative estimate of drug-likeness (QED) is 0.737. The molecule has 0 saturated heterocycles. The highest BCUT2D eigenvalue weighted by Crippen LogP contribution is 2.39. The fraction of sp³-hybridized carbons (Fsp3) is 0.176. The smallest absolute Gasteiger partial charge is 0.266 e. The molecule has 124 valence electrons. The van der Waals surface area contributed by atoms with Gasteiger partial charge in [0.05, 0.1) is 37.9 Å². The van der Waals surface area contributed by atoms with Gasteiger partial charge in [-0.2, -0.15) is 0 Å². The molecule has 24 heavy (non-hydrogen) atoms. The van der Waals surface area contributed by atoms with E-state index in [1.807, 2.05) is 12.1 Å². The first-order valence-electron chi connectivity index (χ1n) is 7.15. The number of aromatic nitrogens is 2. The van der Waals surface area contributed by atoms with Gasteiger partial charge in [-0.3, -0.25) is 9.36 Å². The van der Waals surface area contributed by atoms with E-state index < -0.39 is 0 Å². The number of nitrogens with one attached hydrogen (secondary N) is 1. The van der Waals surface area contributed by atoms with Crippen molar-refractivity contribution in [3.8, 4) is 22.9 Å². The number of hydrogen-bond donors (Lipinski definition) is 1. The van der Waals surface area contributed by atoms with E-state index in [1.54, 1.807) is 24.3 Å². The molecule has 2 aromatic carbocycles. The molecule has 7 heteroatoms. The van der Waals surface area contributed by atoms with Crippen LogP contribution in [0.4, 0.5) is 0 Å². The van der Waals surface area contributed by atoms with Crippen LogP contribution in [0.3, 0.4) is 0 Å². The molecule has 3 aromatic rings. The van der Waals surface area contributed by atoms with Gasteiger partial charge >= 0.3 is 0 Å². The Morgan fingerprint density at radius 1 is 1.00 bits per heavy atom. The van der Waals surface area contributed by atoms with Crippen molar-refractivity contribution >= 4 is 23.1 Å². The first-order valence-corrected chi connectivity index (χ1v) is 7.56. The molecule has 1 N–H and O–H groups in total. The van der Waals surface area contributed by atoms with Gasteiger partial charge in [-0.1, -0.05) is 12.1 Å². The number of hydrogen-bond acceptors (Lipinski definition) is 5. The van der Waals surface area contributed by atoms with Crippen LogP contribution in [0.1, 0.15) is 0 Å². The predicted octanol–water partition coefficient (Wildman–Crippen LogP) is 3.07. The van der Waals surface area contributed by atoms with E-state index in [1.165, 1.54) is 25.9 Å². The minimum atomic E-state index is -0.219.